The van der Waals surface area contributed by atoms with Gasteiger partial charge in [0.25, 0.3) is 0 Å². The Morgan fingerprint density at radius 2 is 0.526 bits per heavy atom. The van der Waals surface area contributed by atoms with Crippen LogP contribution in [0, 0.1) is 0 Å². The molecule has 0 N–H and O–H groups in total. The van der Waals surface area contributed by atoms with Gasteiger partial charge in [-0.05, 0) is 196 Å². The molecule has 78 heavy (non-hydrogen) atoms. The first-order valence-electron chi connectivity index (χ1n) is 26.8. The van der Waals surface area contributed by atoms with Gasteiger partial charge in [0.1, 0.15) is 0 Å². The van der Waals surface area contributed by atoms with Crippen molar-refractivity contribution >= 4 is 77.2 Å². The van der Waals surface area contributed by atoms with E-state index in [1.165, 1.54) is 82.0 Å². The molecule has 14 aromatic rings. The largest absolute Gasteiger partial charge is 0.311 e. The number of anilines is 6. The average molecular weight is 993 g/mol. The minimum absolute atomic E-state index is 1.09. The third-order valence-electron chi connectivity index (χ3n) is 15.4. The van der Waals surface area contributed by atoms with E-state index in [2.05, 4.69) is 325 Å². The van der Waals surface area contributed by atoms with Crippen LogP contribution in [0.3, 0.4) is 0 Å². The summed E-state index contributed by atoms with van der Waals surface area (Å²) in [4.78, 5) is 4.67. The van der Waals surface area contributed by atoms with Gasteiger partial charge < -0.3 is 9.80 Å². The minimum Gasteiger partial charge on any atom is -0.311 e. The first-order valence-corrected chi connectivity index (χ1v) is 26.8. The molecule has 0 fully saturated rings. The Bertz CT molecular complexity index is 4350. The van der Waals surface area contributed by atoms with Crippen LogP contribution in [0.25, 0.3) is 98.7 Å². The second-order valence-corrected chi connectivity index (χ2v) is 20.0. The Balaban J connectivity index is 1.07. The summed E-state index contributed by atoms with van der Waals surface area (Å²) in [5.74, 6) is 0. The van der Waals surface area contributed by atoms with E-state index in [9.17, 15) is 0 Å². The molecule has 0 unspecified atom stereocenters. The Morgan fingerprint density at radius 1 is 0.179 bits per heavy atom. The van der Waals surface area contributed by atoms with Crippen molar-refractivity contribution in [1.29, 1.82) is 0 Å². The molecule has 0 heterocycles. The first-order chi connectivity index (χ1) is 38.7. The smallest absolute Gasteiger partial charge is 0.0462 e. The third kappa shape index (κ3) is 8.52. The molecule has 0 radical (unpaired) electrons. The highest BCUT2D eigenvalue weighted by Gasteiger charge is 2.24. The fourth-order valence-electron chi connectivity index (χ4n) is 11.7. The fraction of sp³-hybridized carbons (Fsp3) is 0. The molecule has 14 rings (SSSR count). The second kappa shape index (κ2) is 20.1. The predicted octanol–water partition coefficient (Wildman–Crippen LogP) is 21.6. The molecular formula is C76H52N2. The molecule has 2 heteroatoms. The summed E-state index contributed by atoms with van der Waals surface area (Å²) in [6.45, 7) is 0. The quantitative estimate of drug-likeness (QED) is 0.119. The van der Waals surface area contributed by atoms with Gasteiger partial charge in [0.05, 0.1) is 0 Å². The lowest BCUT2D eigenvalue weighted by Gasteiger charge is -2.26. The summed E-state index contributed by atoms with van der Waals surface area (Å²) in [5.41, 5.74) is 18.3. The Kier molecular flexibility index (Phi) is 11.9. The van der Waals surface area contributed by atoms with Gasteiger partial charge in [-0.1, -0.05) is 218 Å². The number of nitrogens with zero attached hydrogens (tertiary/aromatic N) is 2. The van der Waals surface area contributed by atoms with Crippen LogP contribution in [0.5, 0.6) is 0 Å². The molecule has 0 aliphatic rings. The molecule has 0 amide bonds. The summed E-state index contributed by atoms with van der Waals surface area (Å²) in [7, 11) is 0. The zero-order valence-corrected chi connectivity index (χ0v) is 42.9. The van der Waals surface area contributed by atoms with E-state index >= 15 is 0 Å². The second-order valence-electron chi connectivity index (χ2n) is 20.0. The molecule has 0 bridgehead atoms. The van der Waals surface area contributed by atoms with E-state index in [1.54, 1.807) is 0 Å². The summed E-state index contributed by atoms with van der Waals surface area (Å²) in [5, 5.41) is 9.75. The first kappa shape index (κ1) is 46.3. The lowest BCUT2D eigenvalue weighted by molar-refractivity contribution is 1.28. The molecule has 0 aliphatic heterocycles. The van der Waals surface area contributed by atoms with Gasteiger partial charge in [0.2, 0.25) is 0 Å². The van der Waals surface area contributed by atoms with Gasteiger partial charge in [-0.15, -0.1) is 0 Å². The predicted molar refractivity (Wildman–Crippen MR) is 333 cm³/mol. The van der Waals surface area contributed by atoms with E-state index in [-0.39, 0.29) is 0 Å². The number of fused-ring (bicyclic) bond motifs is 7. The Labute approximate surface area is 455 Å². The number of rotatable bonds is 11. The lowest BCUT2D eigenvalue weighted by atomic mass is 9.80. The maximum Gasteiger partial charge on any atom is 0.0462 e. The van der Waals surface area contributed by atoms with Gasteiger partial charge in [0, 0.05) is 34.1 Å². The molecule has 366 valence electrons. The van der Waals surface area contributed by atoms with Crippen molar-refractivity contribution in [2.24, 2.45) is 0 Å². The lowest BCUT2D eigenvalue weighted by Crippen LogP contribution is -2.09. The zero-order chi connectivity index (χ0) is 51.8. The van der Waals surface area contributed by atoms with Crippen LogP contribution >= 0.6 is 0 Å². The number of hydrogen-bond acceptors (Lipinski definition) is 2. The Morgan fingerprint density at radius 3 is 1.03 bits per heavy atom. The molecular weight excluding hydrogens is 941 g/mol. The Hall–Kier alpha value is -10.3. The van der Waals surface area contributed by atoms with Crippen molar-refractivity contribution in [3.63, 3.8) is 0 Å². The standard InChI is InChI=1S/C76H52N2/c1-7-21-53(22-8-1)60-41-47-68-72(50-60)73-51-61(59-36-35-54-23-19-20-26-58(54)49-59)42-48-69(73)76-74(57-39-45-67(46-40-57)78(64-31-15-5-16-32-64)65-33-17-6-18-34-65)70(55-24-9-2-10-25-55)52-71(75(68)76)56-37-43-66(44-38-56)77(62-27-11-3-12-28-62)63-29-13-4-14-30-63/h1-52H. The van der Waals surface area contributed by atoms with Gasteiger partial charge >= 0.3 is 0 Å². The van der Waals surface area contributed by atoms with Gasteiger partial charge in [-0.25, -0.2) is 0 Å². The zero-order valence-electron chi connectivity index (χ0n) is 42.9. The maximum absolute atomic E-state index is 2.47. The van der Waals surface area contributed by atoms with Crippen LogP contribution in [0.2, 0.25) is 0 Å². The van der Waals surface area contributed by atoms with Crippen molar-refractivity contribution < 1.29 is 0 Å². The molecule has 0 saturated carbocycles. The van der Waals surface area contributed by atoms with Crippen LogP contribution in [-0.2, 0) is 0 Å². The van der Waals surface area contributed by atoms with E-state index in [4.69, 9.17) is 0 Å². The van der Waals surface area contributed by atoms with E-state index < -0.39 is 0 Å². The van der Waals surface area contributed by atoms with Crippen molar-refractivity contribution in [1.82, 2.24) is 0 Å². The highest BCUT2D eigenvalue weighted by molar-refractivity contribution is 6.33. The molecule has 0 atom stereocenters. The van der Waals surface area contributed by atoms with Crippen LogP contribution in [0.4, 0.5) is 34.1 Å². The van der Waals surface area contributed by atoms with Crippen molar-refractivity contribution in [3.8, 4) is 55.6 Å². The topological polar surface area (TPSA) is 6.48 Å². The molecule has 0 aromatic heterocycles. The highest BCUT2D eigenvalue weighted by Crippen LogP contribution is 2.51. The SMILES string of the molecule is c1ccc(-c2ccc3c(c2)c2cc(-c4ccc5ccccc5c4)ccc2c2c(-c4ccc(N(c5ccccc5)c5ccccc5)cc4)c(-c4ccccc4)cc(-c4ccc(N(c5ccccc5)c5ccccc5)cc4)c32)cc1. The number of benzene rings is 14. The number of para-hydroxylation sites is 4. The number of hydrogen-bond donors (Lipinski definition) is 0. The van der Waals surface area contributed by atoms with Crippen LogP contribution in [0.1, 0.15) is 0 Å². The molecule has 0 saturated heterocycles. The molecule has 14 aromatic carbocycles. The summed E-state index contributed by atoms with van der Waals surface area (Å²) < 4.78 is 0. The minimum atomic E-state index is 1.09. The van der Waals surface area contributed by atoms with Gasteiger partial charge in [0.15, 0.2) is 0 Å². The molecule has 0 aliphatic carbocycles. The van der Waals surface area contributed by atoms with Gasteiger partial charge in [-0.3, -0.25) is 0 Å². The monoisotopic (exact) mass is 992 g/mol. The third-order valence-corrected chi connectivity index (χ3v) is 15.4. The maximum atomic E-state index is 2.47. The average Bonchev–Trinajstić information content (AvgIpc) is 3.71. The van der Waals surface area contributed by atoms with E-state index in [0.29, 0.717) is 0 Å². The summed E-state index contributed by atoms with van der Waals surface area (Å²) in [6.07, 6.45) is 0. The van der Waals surface area contributed by atoms with E-state index in [0.717, 1.165) is 50.8 Å². The summed E-state index contributed by atoms with van der Waals surface area (Å²) in [6, 6.07) is 115. The molecule has 2 nitrogen and oxygen atoms in total. The fourth-order valence-corrected chi connectivity index (χ4v) is 11.7. The van der Waals surface area contributed by atoms with E-state index in [1.807, 2.05) is 0 Å². The van der Waals surface area contributed by atoms with Crippen LogP contribution in [0.15, 0.2) is 315 Å². The van der Waals surface area contributed by atoms with Crippen molar-refractivity contribution in [2.45, 2.75) is 0 Å². The van der Waals surface area contributed by atoms with Crippen molar-refractivity contribution in [3.05, 3.63) is 315 Å². The summed E-state index contributed by atoms with van der Waals surface area (Å²) >= 11 is 0. The van der Waals surface area contributed by atoms with Crippen molar-refractivity contribution in [2.75, 3.05) is 9.80 Å². The highest BCUT2D eigenvalue weighted by atomic mass is 15.1. The van der Waals surface area contributed by atoms with Gasteiger partial charge in [-0.2, -0.15) is 0 Å². The normalized spacial score (nSPS) is 11.3. The van der Waals surface area contributed by atoms with Crippen LogP contribution in [-0.4, -0.2) is 0 Å². The molecule has 0 spiro atoms. The van der Waals surface area contributed by atoms with Crippen LogP contribution < -0.4 is 9.80 Å².